The van der Waals surface area contributed by atoms with Crippen LogP contribution in [0.3, 0.4) is 0 Å². The molecule has 27 heavy (non-hydrogen) atoms. The monoisotopic (exact) mass is 403 g/mol. The highest BCUT2D eigenvalue weighted by Gasteiger charge is 2.17. The third-order valence-electron chi connectivity index (χ3n) is 3.67. The summed E-state index contributed by atoms with van der Waals surface area (Å²) in [6, 6.07) is 13.9. The first kappa shape index (κ1) is 19.0. The normalized spacial score (nSPS) is 11.2. The number of carbonyl (C=O) groups excluding carboxylic acids is 1. The zero-order valence-electron chi connectivity index (χ0n) is 14.4. The van der Waals surface area contributed by atoms with E-state index in [0.717, 1.165) is 10.6 Å². The summed E-state index contributed by atoms with van der Waals surface area (Å²) in [5.41, 5.74) is 1.93. The van der Waals surface area contributed by atoms with Crippen molar-refractivity contribution in [3.8, 4) is 16.3 Å². The van der Waals surface area contributed by atoms with E-state index < -0.39 is 10.0 Å². The van der Waals surface area contributed by atoms with Crippen LogP contribution in [0.4, 0.5) is 5.69 Å². The number of amides is 1. The van der Waals surface area contributed by atoms with Crippen LogP contribution in [0.15, 0.2) is 58.8 Å². The van der Waals surface area contributed by atoms with Crippen LogP contribution in [0.2, 0.25) is 0 Å². The fourth-order valence-electron chi connectivity index (χ4n) is 2.45. The molecular weight excluding hydrogens is 386 g/mol. The zero-order valence-corrected chi connectivity index (χ0v) is 16.0. The molecule has 3 aromatic rings. The molecule has 9 heteroatoms. The number of nitrogens with one attached hydrogen (secondary N) is 1. The molecule has 0 aliphatic heterocycles. The molecule has 3 N–H and O–H groups in total. The van der Waals surface area contributed by atoms with Crippen LogP contribution in [-0.4, -0.2) is 26.4 Å². The Bertz CT molecular complexity index is 1060. The number of anilines is 1. The number of hydrogen-bond donors (Lipinski definition) is 2. The number of carbonyl (C=O) groups is 1. The van der Waals surface area contributed by atoms with Gasteiger partial charge in [0.05, 0.1) is 19.2 Å². The largest absolute Gasteiger partial charge is 0.495 e. The van der Waals surface area contributed by atoms with Gasteiger partial charge < -0.3 is 10.1 Å². The molecule has 0 saturated heterocycles. The van der Waals surface area contributed by atoms with E-state index in [1.165, 1.54) is 30.6 Å². The molecule has 7 nitrogen and oxygen atoms in total. The number of thiazole rings is 1. The summed E-state index contributed by atoms with van der Waals surface area (Å²) in [5, 5.41) is 10.5. The highest BCUT2D eigenvalue weighted by atomic mass is 32.2. The lowest BCUT2D eigenvalue weighted by atomic mass is 10.2. The number of benzene rings is 2. The standard InChI is InChI=1S/C18H17N3O4S2/c1-25-15-8-7-13(9-16(15)27(19,23)24)20-17(22)10-14-11-26-18(21-14)12-5-3-2-4-6-12/h2-9,11H,10H2,1H3,(H,20,22)(H2,19,23,24). The minimum absolute atomic E-state index is 0.0695. The number of hydrogen-bond acceptors (Lipinski definition) is 6. The van der Waals surface area contributed by atoms with E-state index in [0.29, 0.717) is 11.4 Å². The molecule has 0 bridgehead atoms. The Morgan fingerprint density at radius 1 is 1.22 bits per heavy atom. The smallest absolute Gasteiger partial charge is 0.241 e. The van der Waals surface area contributed by atoms with E-state index in [1.807, 2.05) is 35.7 Å². The average molecular weight is 403 g/mol. The Morgan fingerprint density at radius 2 is 1.96 bits per heavy atom. The minimum atomic E-state index is -3.98. The summed E-state index contributed by atoms with van der Waals surface area (Å²) >= 11 is 1.46. The lowest BCUT2D eigenvalue weighted by Crippen LogP contribution is -2.17. The van der Waals surface area contributed by atoms with Crippen molar-refractivity contribution >= 4 is 33.0 Å². The van der Waals surface area contributed by atoms with E-state index >= 15 is 0 Å². The summed E-state index contributed by atoms with van der Waals surface area (Å²) < 4.78 is 28.3. The molecular formula is C18H17N3O4S2. The van der Waals surface area contributed by atoms with Gasteiger partial charge in [-0.25, -0.2) is 18.5 Å². The molecule has 140 valence electrons. The minimum Gasteiger partial charge on any atom is -0.495 e. The van der Waals surface area contributed by atoms with Gasteiger partial charge in [-0.3, -0.25) is 4.79 Å². The molecule has 0 saturated carbocycles. The molecule has 0 fully saturated rings. The van der Waals surface area contributed by atoms with Gasteiger partial charge in [0.1, 0.15) is 15.7 Å². The van der Waals surface area contributed by atoms with Gasteiger partial charge in [0.25, 0.3) is 0 Å². The van der Waals surface area contributed by atoms with Crippen LogP contribution in [-0.2, 0) is 21.2 Å². The summed E-state index contributed by atoms with van der Waals surface area (Å²) in [6.45, 7) is 0. The van der Waals surface area contributed by atoms with Gasteiger partial charge in [-0.1, -0.05) is 30.3 Å². The molecule has 0 atom stereocenters. The summed E-state index contributed by atoms with van der Waals surface area (Å²) in [6.07, 6.45) is 0.0695. The third kappa shape index (κ3) is 4.70. The van der Waals surface area contributed by atoms with E-state index in [-0.39, 0.29) is 23.0 Å². The van der Waals surface area contributed by atoms with Gasteiger partial charge in [0.15, 0.2) is 0 Å². The highest BCUT2D eigenvalue weighted by molar-refractivity contribution is 7.89. The van der Waals surface area contributed by atoms with Crippen molar-refractivity contribution in [1.82, 2.24) is 4.98 Å². The first-order chi connectivity index (χ1) is 12.9. The molecule has 2 aromatic carbocycles. The maximum absolute atomic E-state index is 12.3. The number of nitrogens with two attached hydrogens (primary N) is 1. The van der Waals surface area contributed by atoms with Gasteiger partial charge >= 0.3 is 0 Å². The van der Waals surface area contributed by atoms with Gasteiger partial charge in [-0.2, -0.15) is 0 Å². The Morgan fingerprint density at radius 3 is 2.63 bits per heavy atom. The first-order valence-electron chi connectivity index (χ1n) is 7.87. The van der Waals surface area contributed by atoms with Crippen molar-refractivity contribution in [3.63, 3.8) is 0 Å². The van der Waals surface area contributed by atoms with Crippen molar-refractivity contribution < 1.29 is 17.9 Å². The van der Waals surface area contributed by atoms with E-state index in [1.54, 1.807) is 6.07 Å². The van der Waals surface area contributed by atoms with Crippen molar-refractivity contribution in [2.24, 2.45) is 5.14 Å². The second-order valence-electron chi connectivity index (χ2n) is 5.65. The zero-order chi connectivity index (χ0) is 19.4. The molecule has 1 aromatic heterocycles. The van der Waals surface area contributed by atoms with Crippen LogP contribution in [0.5, 0.6) is 5.75 Å². The van der Waals surface area contributed by atoms with Crippen LogP contribution in [0.1, 0.15) is 5.69 Å². The van der Waals surface area contributed by atoms with Crippen molar-refractivity contribution in [2.75, 3.05) is 12.4 Å². The molecule has 0 radical (unpaired) electrons. The molecule has 3 rings (SSSR count). The number of methoxy groups -OCH3 is 1. The van der Waals surface area contributed by atoms with E-state index in [4.69, 9.17) is 9.88 Å². The summed E-state index contributed by atoms with van der Waals surface area (Å²) in [4.78, 5) is 16.6. The number of aromatic nitrogens is 1. The van der Waals surface area contributed by atoms with E-state index in [2.05, 4.69) is 10.3 Å². The number of rotatable bonds is 6. The van der Waals surface area contributed by atoms with E-state index in [9.17, 15) is 13.2 Å². The molecule has 0 aliphatic rings. The number of nitrogens with zero attached hydrogens (tertiary/aromatic N) is 1. The number of sulfonamides is 1. The lowest BCUT2D eigenvalue weighted by Gasteiger charge is -2.10. The number of primary sulfonamides is 1. The molecule has 0 aliphatic carbocycles. The van der Waals surface area contributed by atoms with Gasteiger partial charge in [0, 0.05) is 16.6 Å². The lowest BCUT2D eigenvalue weighted by molar-refractivity contribution is -0.115. The second kappa shape index (κ2) is 7.87. The predicted octanol–water partition coefficient (Wildman–Crippen LogP) is 2.65. The SMILES string of the molecule is COc1ccc(NC(=O)Cc2csc(-c3ccccc3)n2)cc1S(N)(=O)=O. The van der Waals surface area contributed by atoms with Crippen LogP contribution >= 0.6 is 11.3 Å². The van der Waals surface area contributed by atoms with Crippen molar-refractivity contribution in [3.05, 3.63) is 59.6 Å². The van der Waals surface area contributed by atoms with Gasteiger partial charge in [-0.15, -0.1) is 11.3 Å². The Labute approximate surface area is 160 Å². The molecule has 0 spiro atoms. The molecule has 0 unspecified atom stereocenters. The molecule has 1 amide bonds. The number of ether oxygens (including phenoxy) is 1. The maximum Gasteiger partial charge on any atom is 0.241 e. The highest BCUT2D eigenvalue weighted by Crippen LogP contribution is 2.27. The van der Waals surface area contributed by atoms with Crippen LogP contribution < -0.4 is 15.2 Å². The second-order valence-corrected chi connectivity index (χ2v) is 8.03. The predicted molar refractivity (Wildman–Crippen MR) is 104 cm³/mol. The topological polar surface area (TPSA) is 111 Å². The summed E-state index contributed by atoms with van der Waals surface area (Å²) in [7, 11) is -2.63. The van der Waals surface area contributed by atoms with Gasteiger partial charge in [-0.05, 0) is 18.2 Å². The Hall–Kier alpha value is -2.75. The first-order valence-corrected chi connectivity index (χ1v) is 10.3. The fraction of sp³-hybridized carbons (Fsp3) is 0.111. The maximum atomic E-state index is 12.3. The Balaban J connectivity index is 1.72. The van der Waals surface area contributed by atoms with Crippen LogP contribution in [0, 0.1) is 0 Å². The summed E-state index contributed by atoms with van der Waals surface area (Å²) in [5.74, 6) is -0.201. The third-order valence-corrected chi connectivity index (χ3v) is 5.54. The average Bonchev–Trinajstić information content (AvgIpc) is 3.10. The van der Waals surface area contributed by atoms with Crippen molar-refractivity contribution in [2.45, 2.75) is 11.3 Å². The fourth-order valence-corrected chi connectivity index (χ4v) is 4.00. The Kier molecular flexibility index (Phi) is 5.54. The molecule has 1 heterocycles. The quantitative estimate of drug-likeness (QED) is 0.657. The van der Waals surface area contributed by atoms with Gasteiger partial charge in [0.2, 0.25) is 15.9 Å². The van der Waals surface area contributed by atoms with Crippen LogP contribution in [0.25, 0.3) is 10.6 Å². The van der Waals surface area contributed by atoms with Crippen molar-refractivity contribution in [1.29, 1.82) is 0 Å².